The van der Waals surface area contributed by atoms with E-state index in [4.69, 9.17) is 9.47 Å². The first-order valence-corrected chi connectivity index (χ1v) is 9.72. The summed E-state index contributed by atoms with van der Waals surface area (Å²) < 4.78 is 13.0. The summed E-state index contributed by atoms with van der Waals surface area (Å²) in [6.07, 6.45) is 3.93. The molecule has 0 aliphatic carbocycles. The maximum absolute atomic E-state index is 12.7. The van der Waals surface area contributed by atoms with Crippen molar-refractivity contribution in [2.75, 3.05) is 13.1 Å². The van der Waals surface area contributed by atoms with Crippen LogP contribution in [0.1, 0.15) is 43.6 Å². The fourth-order valence-corrected chi connectivity index (χ4v) is 3.79. The van der Waals surface area contributed by atoms with Crippen molar-refractivity contribution in [3.8, 4) is 0 Å². The molecule has 6 heteroatoms. The Morgan fingerprint density at radius 3 is 2.65 bits per heavy atom. The second-order valence-electron chi connectivity index (χ2n) is 7.26. The van der Waals surface area contributed by atoms with Crippen LogP contribution in [0.4, 0.5) is 0 Å². The van der Waals surface area contributed by atoms with Crippen LogP contribution in [0.2, 0.25) is 0 Å². The summed E-state index contributed by atoms with van der Waals surface area (Å²) >= 11 is 3.34. The zero-order chi connectivity index (χ0) is 18.9. The molecule has 1 unspecified atom stereocenters. The molecule has 1 aromatic rings. The first-order valence-electron chi connectivity index (χ1n) is 8.93. The van der Waals surface area contributed by atoms with Gasteiger partial charge in [-0.05, 0) is 41.9 Å². The Bertz CT molecular complexity index is 706. The molecule has 3 rings (SSSR count). The smallest absolute Gasteiger partial charge is 0.272 e. The predicted octanol–water partition coefficient (Wildman–Crippen LogP) is 4.10. The molecule has 1 atom stereocenters. The number of halogens is 1. The van der Waals surface area contributed by atoms with E-state index in [2.05, 4.69) is 34.1 Å². The lowest BCUT2D eigenvalue weighted by Crippen LogP contribution is -2.52. The number of aromatic nitrogens is 1. The van der Waals surface area contributed by atoms with E-state index in [9.17, 15) is 4.79 Å². The third-order valence-electron chi connectivity index (χ3n) is 4.99. The zero-order valence-corrected chi connectivity index (χ0v) is 16.9. The van der Waals surface area contributed by atoms with Crippen LogP contribution in [-0.2, 0) is 9.47 Å². The minimum absolute atomic E-state index is 0.0404. The van der Waals surface area contributed by atoms with E-state index in [1.54, 1.807) is 12.3 Å². The molecule has 0 aromatic carbocycles. The molecule has 2 saturated heterocycles. The van der Waals surface area contributed by atoms with Gasteiger partial charge in [0, 0.05) is 48.6 Å². The first-order chi connectivity index (χ1) is 12.3. The summed E-state index contributed by atoms with van der Waals surface area (Å²) in [5.41, 5.74) is 0.955. The van der Waals surface area contributed by atoms with Gasteiger partial charge in [-0.3, -0.25) is 4.79 Å². The van der Waals surface area contributed by atoms with E-state index in [0.717, 1.165) is 29.3 Å². The van der Waals surface area contributed by atoms with Crippen LogP contribution in [-0.4, -0.2) is 46.7 Å². The van der Waals surface area contributed by atoms with Crippen molar-refractivity contribution in [2.24, 2.45) is 0 Å². The Balaban J connectivity index is 1.66. The number of hydrogen-bond donors (Lipinski definition) is 0. The Kier molecular flexibility index (Phi) is 5.53. The second-order valence-corrected chi connectivity index (χ2v) is 8.18. The van der Waals surface area contributed by atoms with Gasteiger partial charge in [0.05, 0.1) is 12.2 Å². The van der Waals surface area contributed by atoms with E-state index >= 15 is 0 Å². The molecular weight excluding hydrogens is 396 g/mol. The summed E-state index contributed by atoms with van der Waals surface area (Å²) in [5, 5.41) is 0. The van der Waals surface area contributed by atoms with E-state index < -0.39 is 0 Å². The third kappa shape index (κ3) is 4.01. The molecule has 1 spiro atoms. The standard InChI is InChI=1S/C20H25BrN2O3/c1-13(2)25-18-11-20(26-15(4)14(18)3)7-9-23(10-8-20)19(24)17-6-5-16(21)12-22-17/h5-6,12-13,18H,3-4,7-11H2,1-2H3. The lowest BCUT2D eigenvalue weighted by Gasteiger charge is -2.47. The van der Waals surface area contributed by atoms with Crippen LogP contribution in [0.25, 0.3) is 0 Å². The maximum Gasteiger partial charge on any atom is 0.272 e. The van der Waals surface area contributed by atoms with Crippen LogP contribution in [0.15, 0.2) is 47.3 Å². The molecule has 0 N–H and O–H groups in total. The Morgan fingerprint density at radius 2 is 2.08 bits per heavy atom. The van der Waals surface area contributed by atoms with Crippen LogP contribution >= 0.6 is 15.9 Å². The lowest BCUT2D eigenvalue weighted by molar-refractivity contribution is -0.107. The highest BCUT2D eigenvalue weighted by atomic mass is 79.9. The number of carbonyl (C=O) groups excluding carboxylic acids is 1. The van der Waals surface area contributed by atoms with Crippen LogP contribution in [0.5, 0.6) is 0 Å². The number of pyridine rings is 1. The van der Waals surface area contributed by atoms with E-state index in [0.29, 0.717) is 24.5 Å². The first kappa shape index (κ1) is 19.1. The van der Waals surface area contributed by atoms with Crippen LogP contribution in [0, 0.1) is 0 Å². The average molecular weight is 421 g/mol. The lowest BCUT2D eigenvalue weighted by atomic mass is 9.81. The van der Waals surface area contributed by atoms with Gasteiger partial charge in [-0.2, -0.15) is 0 Å². The van der Waals surface area contributed by atoms with Crippen molar-refractivity contribution in [1.29, 1.82) is 0 Å². The van der Waals surface area contributed by atoms with Gasteiger partial charge in [0.15, 0.2) is 0 Å². The van der Waals surface area contributed by atoms with Gasteiger partial charge in [0.25, 0.3) is 5.91 Å². The Labute approximate surface area is 163 Å². The molecule has 0 saturated carbocycles. The van der Waals surface area contributed by atoms with Gasteiger partial charge in [0.2, 0.25) is 0 Å². The summed E-state index contributed by atoms with van der Waals surface area (Å²) in [5.74, 6) is 0.567. The van der Waals surface area contributed by atoms with Gasteiger partial charge in [-0.1, -0.05) is 13.2 Å². The SMILES string of the molecule is C=C1OC2(CCN(C(=O)c3ccc(Br)cn3)CC2)CC(OC(C)C)C1=C. The molecule has 2 aliphatic heterocycles. The largest absolute Gasteiger partial charge is 0.487 e. The summed E-state index contributed by atoms with van der Waals surface area (Å²) in [6, 6.07) is 3.58. The number of likely N-dealkylation sites (tertiary alicyclic amines) is 1. The van der Waals surface area contributed by atoms with E-state index in [-0.39, 0.29) is 23.7 Å². The Morgan fingerprint density at radius 1 is 1.38 bits per heavy atom. The summed E-state index contributed by atoms with van der Waals surface area (Å²) in [4.78, 5) is 18.7. The number of carbonyl (C=O) groups is 1. The molecule has 0 radical (unpaired) electrons. The van der Waals surface area contributed by atoms with Crippen molar-refractivity contribution in [3.63, 3.8) is 0 Å². The van der Waals surface area contributed by atoms with Crippen LogP contribution in [0.3, 0.4) is 0 Å². The molecule has 5 nitrogen and oxygen atoms in total. The zero-order valence-electron chi connectivity index (χ0n) is 15.3. The molecule has 1 aromatic heterocycles. The third-order valence-corrected chi connectivity index (χ3v) is 5.46. The van der Waals surface area contributed by atoms with Gasteiger partial charge in [-0.25, -0.2) is 4.98 Å². The van der Waals surface area contributed by atoms with Crippen molar-refractivity contribution >= 4 is 21.8 Å². The van der Waals surface area contributed by atoms with Crippen molar-refractivity contribution in [1.82, 2.24) is 9.88 Å². The molecule has 140 valence electrons. The minimum atomic E-state index is -0.332. The van der Waals surface area contributed by atoms with Gasteiger partial charge < -0.3 is 14.4 Å². The normalized spacial score (nSPS) is 22.6. The molecule has 1 amide bonds. The van der Waals surface area contributed by atoms with Crippen molar-refractivity contribution in [3.05, 3.63) is 53.0 Å². The van der Waals surface area contributed by atoms with E-state index in [1.807, 2.05) is 24.8 Å². The fourth-order valence-electron chi connectivity index (χ4n) is 3.56. The van der Waals surface area contributed by atoms with Gasteiger partial charge in [0.1, 0.15) is 17.1 Å². The fraction of sp³-hybridized carbons (Fsp3) is 0.500. The number of amides is 1. The molecule has 26 heavy (non-hydrogen) atoms. The average Bonchev–Trinajstić information content (AvgIpc) is 2.60. The summed E-state index contributed by atoms with van der Waals surface area (Å²) in [7, 11) is 0. The molecule has 2 fully saturated rings. The number of rotatable bonds is 3. The number of hydrogen-bond acceptors (Lipinski definition) is 4. The highest BCUT2D eigenvalue weighted by molar-refractivity contribution is 9.10. The summed E-state index contributed by atoms with van der Waals surface area (Å²) in [6.45, 7) is 13.4. The molecular formula is C20H25BrN2O3. The van der Waals surface area contributed by atoms with Crippen LogP contribution < -0.4 is 0 Å². The van der Waals surface area contributed by atoms with Gasteiger partial charge >= 0.3 is 0 Å². The number of piperidine rings is 1. The van der Waals surface area contributed by atoms with Crippen molar-refractivity contribution < 1.29 is 14.3 Å². The molecule has 0 bridgehead atoms. The topological polar surface area (TPSA) is 51.7 Å². The number of nitrogens with zero attached hydrogens (tertiary/aromatic N) is 2. The minimum Gasteiger partial charge on any atom is -0.487 e. The highest BCUT2D eigenvalue weighted by Crippen LogP contribution is 2.41. The molecule has 2 aliphatic rings. The second kappa shape index (κ2) is 7.53. The number of ether oxygens (including phenoxy) is 2. The Hall–Kier alpha value is -1.66. The predicted molar refractivity (Wildman–Crippen MR) is 104 cm³/mol. The quantitative estimate of drug-likeness (QED) is 0.738. The van der Waals surface area contributed by atoms with Gasteiger partial charge in [-0.15, -0.1) is 0 Å². The molecule has 3 heterocycles. The van der Waals surface area contributed by atoms with Crippen molar-refractivity contribution in [2.45, 2.75) is 50.9 Å². The monoisotopic (exact) mass is 420 g/mol. The van der Waals surface area contributed by atoms with E-state index in [1.165, 1.54) is 0 Å². The highest BCUT2D eigenvalue weighted by Gasteiger charge is 2.45. The maximum atomic E-state index is 12.7.